The number of imide groups is 1. The number of carbonyl (C=O) groups is 2. The predicted molar refractivity (Wildman–Crippen MR) is 79.5 cm³/mol. The van der Waals surface area contributed by atoms with E-state index in [1.807, 2.05) is 26.0 Å². The second-order valence-electron chi connectivity index (χ2n) is 6.47. The van der Waals surface area contributed by atoms with Crippen molar-refractivity contribution in [2.24, 2.45) is 11.8 Å². The average molecular weight is 299 g/mol. The second kappa shape index (κ2) is 3.98. The van der Waals surface area contributed by atoms with Crippen LogP contribution >= 0.6 is 0 Å². The molecule has 114 valence electrons. The van der Waals surface area contributed by atoms with Gasteiger partial charge in [-0.15, -0.1) is 0 Å². The van der Waals surface area contributed by atoms with Crippen molar-refractivity contribution < 1.29 is 19.1 Å². The molecule has 3 aliphatic rings. The van der Waals surface area contributed by atoms with Crippen LogP contribution in [-0.4, -0.2) is 30.1 Å². The average Bonchev–Trinajstić information content (AvgIpc) is 3.04. The summed E-state index contributed by atoms with van der Waals surface area (Å²) in [6.45, 7) is 3.75. The molecule has 2 saturated heterocycles. The van der Waals surface area contributed by atoms with Crippen LogP contribution in [0.15, 0.2) is 36.4 Å². The number of hydrogen-bond donors (Lipinski definition) is 0. The molecule has 2 amide bonds. The SMILES string of the molecule is COc1ccc(N2C(=O)[C@@H]3[C@H](C2=O)[C@@]2(C)C=C[C@@]3(C)O2)cc1. The summed E-state index contributed by atoms with van der Waals surface area (Å²) in [7, 11) is 1.58. The number of rotatable bonds is 2. The number of methoxy groups -OCH3 is 1. The van der Waals surface area contributed by atoms with Crippen molar-refractivity contribution in [1.29, 1.82) is 0 Å². The van der Waals surface area contributed by atoms with E-state index in [0.717, 1.165) is 0 Å². The number of benzene rings is 1. The van der Waals surface area contributed by atoms with E-state index in [1.54, 1.807) is 31.4 Å². The Morgan fingerprint density at radius 3 is 1.95 bits per heavy atom. The molecular weight excluding hydrogens is 282 g/mol. The minimum atomic E-state index is -0.687. The van der Waals surface area contributed by atoms with Gasteiger partial charge in [-0.25, -0.2) is 4.90 Å². The summed E-state index contributed by atoms with van der Waals surface area (Å²) >= 11 is 0. The first-order chi connectivity index (χ1) is 10.4. The molecule has 2 bridgehead atoms. The lowest BCUT2D eigenvalue weighted by Gasteiger charge is -2.25. The van der Waals surface area contributed by atoms with E-state index >= 15 is 0 Å². The lowest BCUT2D eigenvalue weighted by atomic mass is 9.73. The van der Waals surface area contributed by atoms with Crippen LogP contribution in [0.1, 0.15) is 13.8 Å². The fraction of sp³-hybridized carbons (Fsp3) is 0.412. The Hall–Kier alpha value is -2.14. The standard InChI is InChI=1S/C17H17NO4/c1-16-8-9-17(2,22-16)13-12(16)14(19)18(15(13)20)10-4-6-11(21-3)7-5-10/h4-9,12-13H,1-3H3/t12-,13+,16-,17-/m1/s1. The van der Waals surface area contributed by atoms with Gasteiger partial charge in [-0.3, -0.25) is 9.59 Å². The smallest absolute Gasteiger partial charge is 0.241 e. The maximum Gasteiger partial charge on any atom is 0.241 e. The van der Waals surface area contributed by atoms with Gasteiger partial charge in [0.15, 0.2) is 0 Å². The normalized spacial score (nSPS) is 38.8. The van der Waals surface area contributed by atoms with Crippen molar-refractivity contribution in [3.8, 4) is 5.75 Å². The summed E-state index contributed by atoms with van der Waals surface area (Å²) in [6.07, 6.45) is 3.83. The fourth-order valence-corrected chi connectivity index (χ4v) is 4.02. The third kappa shape index (κ3) is 1.47. The maximum atomic E-state index is 12.8. The molecule has 22 heavy (non-hydrogen) atoms. The lowest BCUT2D eigenvalue weighted by Crippen LogP contribution is -2.39. The molecule has 0 aliphatic carbocycles. The molecule has 3 heterocycles. The third-order valence-electron chi connectivity index (χ3n) is 5.06. The molecule has 5 nitrogen and oxygen atoms in total. The molecule has 0 aromatic heterocycles. The quantitative estimate of drug-likeness (QED) is 0.618. The number of hydrogen-bond acceptors (Lipinski definition) is 4. The Kier molecular flexibility index (Phi) is 2.45. The van der Waals surface area contributed by atoms with E-state index in [0.29, 0.717) is 11.4 Å². The van der Waals surface area contributed by atoms with Crippen LogP contribution in [0.4, 0.5) is 5.69 Å². The zero-order valence-corrected chi connectivity index (χ0v) is 12.7. The van der Waals surface area contributed by atoms with E-state index in [4.69, 9.17) is 9.47 Å². The molecule has 5 heteroatoms. The van der Waals surface area contributed by atoms with E-state index < -0.39 is 23.0 Å². The van der Waals surface area contributed by atoms with E-state index in [2.05, 4.69) is 0 Å². The predicted octanol–water partition coefficient (Wildman–Crippen LogP) is 1.92. The molecule has 0 N–H and O–H groups in total. The number of anilines is 1. The minimum absolute atomic E-state index is 0.184. The number of ether oxygens (including phenoxy) is 2. The van der Waals surface area contributed by atoms with Gasteiger partial charge in [0.05, 0.1) is 35.8 Å². The van der Waals surface area contributed by atoms with Gasteiger partial charge in [0.2, 0.25) is 11.8 Å². The zero-order valence-electron chi connectivity index (χ0n) is 12.7. The fourth-order valence-electron chi connectivity index (χ4n) is 4.02. The molecule has 2 fully saturated rings. The molecule has 0 spiro atoms. The molecule has 1 aromatic carbocycles. The summed E-state index contributed by atoms with van der Waals surface area (Å²) in [5, 5.41) is 0. The highest BCUT2D eigenvalue weighted by Crippen LogP contribution is 2.57. The highest BCUT2D eigenvalue weighted by molar-refractivity contribution is 6.23. The van der Waals surface area contributed by atoms with Crippen LogP contribution < -0.4 is 9.64 Å². The molecule has 1 aromatic rings. The molecule has 0 radical (unpaired) electrons. The largest absolute Gasteiger partial charge is 0.497 e. The van der Waals surface area contributed by atoms with E-state index in [-0.39, 0.29) is 11.8 Å². The van der Waals surface area contributed by atoms with Crippen molar-refractivity contribution >= 4 is 17.5 Å². The number of fused-ring (bicyclic) bond motifs is 5. The summed E-state index contributed by atoms with van der Waals surface area (Å²) in [4.78, 5) is 27.0. The maximum absolute atomic E-state index is 12.8. The van der Waals surface area contributed by atoms with Crippen LogP contribution in [0, 0.1) is 11.8 Å². The second-order valence-corrected chi connectivity index (χ2v) is 6.47. The van der Waals surface area contributed by atoms with E-state index in [1.165, 1.54) is 4.90 Å². The highest BCUT2D eigenvalue weighted by Gasteiger charge is 2.70. The van der Waals surface area contributed by atoms with Gasteiger partial charge in [-0.05, 0) is 38.1 Å². The first kappa shape index (κ1) is 13.5. The summed E-state index contributed by atoms with van der Waals surface area (Å²) in [6, 6.07) is 6.96. The van der Waals surface area contributed by atoms with Crippen LogP contribution in [0.5, 0.6) is 5.75 Å². The summed E-state index contributed by atoms with van der Waals surface area (Å²) in [5.41, 5.74) is -0.794. The first-order valence-corrected chi connectivity index (χ1v) is 7.32. The molecule has 0 saturated carbocycles. The Morgan fingerprint density at radius 1 is 1.00 bits per heavy atom. The molecule has 4 rings (SSSR count). The first-order valence-electron chi connectivity index (χ1n) is 7.32. The third-order valence-corrected chi connectivity index (χ3v) is 5.06. The van der Waals surface area contributed by atoms with Gasteiger partial charge >= 0.3 is 0 Å². The Labute approximate surface area is 128 Å². The Morgan fingerprint density at radius 2 is 1.50 bits per heavy atom. The van der Waals surface area contributed by atoms with Crippen molar-refractivity contribution in [3.05, 3.63) is 36.4 Å². The molecular formula is C17H17NO4. The summed E-state index contributed by atoms with van der Waals surface area (Å²) in [5.74, 6) is -0.576. The molecule has 3 aliphatic heterocycles. The lowest BCUT2D eigenvalue weighted by molar-refractivity contribution is -0.128. The van der Waals surface area contributed by atoms with Crippen LogP contribution in [0.3, 0.4) is 0 Å². The number of nitrogens with zero attached hydrogens (tertiary/aromatic N) is 1. The topological polar surface area (TPSA) is 55.8 Å². The highest BCUT2D eigenvalue weighted by atomic mass is 16.5. The van der Waals surface area contributed by atoms with Gasteiger partial charge in [-0.1, -0.05) is 12.2 Å². The van der Waals surface area contributed by atoms with Crippen molar-refractivity contribution in [2.45, 2.75) is 25.0 Å². The molecule has 4 atom stereocenters. The van der Waals surface area contributed by atoms with Crippen LogP contribution in [-0.2, 0) is 14.3 Å². The number of carbonyl (C=O) groups excluding carboxylic acids is 2. The monoisotopic (exact) mass is 299 g/mol. The summed E-state index contributed by atoms with van der Waals surface area (Å²) < 4.78 is 11.1. The van der Waals surface area contributed by atoms with Crippen molar-refractivity contribution in [1.82, 2.24) is 0 Å². The van der Waals surface area contributed by atoms with Crippen molar-refractivity contribution in [2.75, 3.05) is 12.0 Å². The minimum Gasteiger partial charge on any atom is -0.497 e. The Bertz CT molecular complexity index is 674. The van der Waals surface area contributed by atoms with Crippen LogP contribution in [0.2, 0.25) is 0 Å². The van der Waals surface area contributed by atoms with Gasteiger partial charge in [0.1, 0.15) is 5.75 Å². The number of amides is 2. The van der Waals surface area contributed by atoms with Gasteiger partial charge < -0.3 is 9.47 Å². The molecule has 0 unspecified atom stereocenters. The zero-order chi connectivity index (χ0) is 15.7. The van der Waals surface area contributed by atoms with Gasteiger partial charge in [0, 0.05) is 0 Å². The van der Waals surface area contributed by atoms with Gasteiger partial charge in [0.25, 0.3) is 0 Å². The van der Waals surface area contributed by atoms with Crippen LogP contribution in [0.25, 0.3) is 0 Å². The van der Waals surface area contributed by atoms with E-state index in [9.17, 15) is 9.59 Å². The Balaban J connectivity index is 1.76. The van der Waals surface area contributed by atoms with Gasteiger partial charge in [-0.2, -0.15) is 0 Å². The van der Waals surface area contributed by atoms with Crippen molar-refractivity contribution in [3.63, 3.8) is 0 Å².